The number of hydrogen-bond acceptors (Lipinski definition) is 6. The van der Waals surface area contributed by atoms with Crippen LogP contribution in [0.2, 0.25) is 5.02 Å². The number of fused-ring (bicyclic) bond motifs is 1. The van der Waals surface area contributed by atoms with Gasteiger partial charge in [0.05, 0.1) is 28.8 Å². The molecule has 0 aliphatic rings. The molecule has 0 aliphatic carbocycles. The summed E-state index contributed by atoms with van der Waals surface area (Å²) >= 11 is 7.03. The summed E-state index contributed by atoms with van der Waals surface area (Å²) in [6, 6.07) is 3.25. The lowest BCUT2D eigenvalue weighted by molar-refractivity contribution is 0.0686. The molecule has 10 heteroatoms. The minimum atomic E-state index is -1.28. The third kappa shape index (κ3) is 2.32. The highest BCUT2D eigenvalue weighted by Crippen LogP contribution is 2.30. The quantitative estimate of drug-likeness (QED) is 0.678. The Hall–Kier alpha value is -2.52. The third-order valence-corrected chi connectivity index (χ3v) is 3.54. The van der Waals surface area contributed by atoms with Crippen molar-refractivity contribution in [2.45, 2.75) is 0 Å². The van der Waals surface area contributed by atoms with E-state index in [-0.39, 0.29) is 22.1 Å². The molecule has 0 bridgehead atoms. The number of carbonyl (C=O) groups excluding carboxylic acids is 1. The van der Waals surface area contributed by atoms with Gasteiger partial charge in [0.15, 0.2) is 11.4 Å². The van der Waals surface area contributed by atoms with Gasteiger partial charge in [0.1, 0.15) is 11.0 Å². The lowest BCUT2D eigenvalue weighted by Gasteiger charge is -2.06. The van der Waals surface area contributed by atoms with E-state index in [1.165, 1.54) is 0 Å². The fraction of sp³-hybridized carbons (Fsp3) is 0. The van der Waals surface area contributed by atoms with E-state index < -0.39 is 11.9 Å². The van der Waals surface area contributed by atoms with E-state index in [0.717, 1.165) is 18.1 Å². The smallest absolute Gasteiger partial charge is 0.354 e. The van der Waals surface area contributed by atoms with E-state index in [4.69, 9.17) is 16.7 Å². The second-order valence-electron chi connectivity index (χ2n) is 3.94. The van der Waals surface area contributed by atoms with Crippen LogP contribution in [0.25, 0.3) is 11.0 Å². The zero-order valence-corrected chi connectivity index (χ0v) is 11.7. The van der Waals surface area contributed by atoms with E-state index >= 15 is 0 Å². The van der Waals surface area contributed by atoms with Gasteiger partial charge < -0.3 is 15.4 Å². The summed E-state index contributed by atoms with van der Waals surface area (Å²) < 4.78 is 8.10. The second kappa shape index (κ2) is 5.11. The highest BCUT2D eigenvalue weighted by molar-refractivity contribution is 7.00. The molecule has 106 valence electrons. The van der Waals surface area contributed by atoms with Crippen molar-refractivity contribution in [3.63, 3.8) is 0 Å². The van der Waals surface area contributed by atoms with Crippen molar-refractivity contribution in [3.05, 3.63) is 34.9 Å². The maximum atomic E-state index is 12.2. The van der Waals surface area contributed by atoms with E-state index in [1.54, 1.807) is 12.1 Å². The summed E-state index contributed by atoms with van der Waals surface area (Å²) in [5, 5.41) is 11.8. The van der Waals surface area contributed by atoms with Crippen LogP contribution in [0.1, 0.15) is 21.0 Å². The molecule has 0 atom stereocenters. The minimum Gasteiger partial charge on any atom is -0.477 e. The molecule has 3 rings (SSSR count). The van der Waals surface area contributed by atoms with Gasteiger partial charge >= 0.3 is 5.97 Å². The van der Waals surface area contributed by atoms with Gasteiger partial charge in [0, 0.05) is 0 Å². The Morgan fingerprint density at radius 3 is 2.90 bits per heavy atom. The average molecular weight is 324 g/mol. The van der Waals surface area contributed by atoms with Gasteiger partial charge in [-0.3, -0.25) is 4.79 Å². The van der Waals surface area contributed by atoms with E-state index in [1.807, 2.05) is 0 Å². The number of aromatic nitrogens is 4. The molecule has 0 unspecified atom stereocenters. The summed E-state index contributed by atoms with van der Waals surface area (Å²) in [4.78, 5) is 29.2. The van der Waals surface area contributed by atoms with Crippen LogP contribution in [0.3, 0.4) is 0 Å². The van der Waals surface area contributed by atoms with Crippen molar-refractivity contribution in [2.24, 2.45) is 0 Å². The number of aromatic amines is 1. The predicted octanol–water partition coefficient (Wildman–Crippen LogP) is 2.02. The predicted molar refractivity (Wildman–Crippen MR) is 75.9 cm³/mol. The number of nitrogens with one attached hydrogen (secondary N) is 2. The van der Waals surface area contributed by atoms with Crippen molar-refractivity contribution in [2.75, 3.05) is 5.32 Å². The Morgan fingerprint density at radius 1 is 1.33 bits per heavy atom. The van der Waals surface area contributed by atoms with Crippen molar-refractivity contribution >= 4 is 51.9 Å². The zero-order valence-electron chi connectivity index (χ0n) is 10.1. The molecule has 2 heterocycles. The van der Waals surface area contributed by atoms with Crippen LogP contribution in [0, 0.1) is 0 Å². The van der Waals surface area contributed by atoms with Gasteiger partial charge in [-0.1, -0.05) is 11.6 Å². The van der Waals surface area contributed by atoms with Gasteiger partial charge in [0.25, 0.3) is 5.91 Å². The standard InChI is InChI=1S/C11H6ClN5O3S/c12-4-1-2-5-7(17-21-16-5)6(4)15-10(18)8-9(11(19)20)14-3-13-8/h1-3H,(H,13,14)(H,15,18)(H,19,20). The summed E-state index contributed by atoms with van der Waals surface area (Å²) in [6.45, 7) is 0. The number of anilines is 1. The fourth-order valence-corrected chi connectivity index (χ4v) is 2.49. The Kier molecular flexibility index (Phi) is 3.28. The number of aromatic carboxylic acids is 1. The number of halogens is 1. The maximum absolute atomic E-state index is 12.2. The first-order chi connectivity index (χ1) is 10.1. The molecule has 3 aromatic rings. The second-order valence-corrected chi connectivity index (χ2v) is 4.88. The van der Waals surface area contributed by atoms with Gasteiger partial charge in [-0.15, -0.1) is 0 Å². The number of benzene rings is 1. The van der Waals surface area contributed by atoms with Crippen molar-refractivity contribution in [1.82, 2.24) is 18.7 Å². The monoisotopic (exact) mass is 323 g/mol. The van der Waals surface area contributed by atoms with Crippen LogP contribution in [0.4, 0.5) is 5.69 Å². The number of carboxylic acids is 1. The maximum Gasteiger partial charge on any atom is 0.354 e. The Morgan fingerprint density at radius 2 is 2.14 bits per heavy atom. The fourth-order valence-electron chi connectivity index (χ4n) is 1.75. The summed E-state index contributed by atoms with van der Waals surface area (Å²) in [6.07, 6.45) is 1.13. The van der Waals surface area contributed by atoms with Crippen LogP contribution in [-0.2, 0) is 0 Å². The molecule has 0 aliphatic heterocycles. The first-order valence-electron chi connectivity index (χ1n) is 5.56. The minimum absolute atomic E-state index is 0.237. The van der Waals surface area contributed by atoms with Crippen LogP contribution in [0.15, 0.2) is 18.5 Å². The molecule has 21 heavy (non-hydrogen) atoms. The largest absolute Gasteiger partial charge is 0.477 e. The number of hydrogen-bond donors (Lipinski definition) is 3. The Bertz CT molecular complexity index is 859. The van der Waals surface area contributed by atoms with E-state index in [2.05, 4.69) is 24.0 Å². The number of nitrogens with zero attached hydrogens (tertiary/aromatic N) is 3. The molecule has 8 nitrogen and oxygen atoms in total. The van der Waals surface area contributed by atoms with Gasteiger partial charge in [-0.25, -0.2) is 9.78 Å². The zero-order chi connectivity index (χ0) is 15.0. The topological polar surface area (TPSA) is 121 Å². The first kappa shape index (κ1) is 13.5. The summed E-state index contributed by atoms with van der Waals surface area (Å²) in [7, 11) is 0. The van der Waals surface area contributed by atoms with Crippen LogP contribution >= 0.6 is 23.3 Å². The van der Waals surface area contributed by atoms with Crippen LogP contribution in [-0.4, -0.2) is 35.7 Å². The molecular formula is C11H6ClN5O3S. The Labute approximate surface area is 126 Å². The number of H-pyrrole nitrogens is 1. The summed E-state index contributed by atoms with van der Waals surface area (Å²) in [5.74, 6) is -1.98. The summed E-state index contributed by atoms with van der Waals surface area (Å²) in [5.41, 5.74) is 0.756. The molecular weight excluding hydrogens is 318 g/mol. The van der Waals surface area contributed by atoms with Gasteiger partial charge in [0.2, 0.25) is 0 Å². The normalized spacial score (nSPS) is 10.7. The molecule has 0 fully saturated rings. The van der Waals surface area contributed by atoms with Gasteiger partial charge in [-0.05, 0) is 12.1 Å². The van der Waals surface area contributed by atoms with E-state index in [9.17, 15) is 9.59 Å². The average Bonchev–Trinajstić information content (AvgIpc) is 3.09. The highest BCUT2D eigenvalue weighted by Gasteiger charge is 2.21. The number of carboxylic acid groups (broad SMARTS) is 1. The Balaban J connectivity index is 2.00. The van der Waals surface area contributed by atoms with Gasteiger partial charge in [-0.2, -0.15) is 8.75 Å². The highest BCUT2D eigenvalue weighted by atomic mass is 35.5. The molecule has 0 saturated heterocycles. The molecule has 0 spiro atoms. The van der Waals surface area contributed by atoms with Crippen LogP contribution < -0.4 is 5.32 Å². The molecule has 2 aromatic heterocycles. The molecule has 0 saturated carbocycles. The molecule has 1 amide bonds. The van der Waals surface area contributed by atoms with Crippen molar-refractivity contribution in [3.8, 4) is 0 Å². The number of rotatable bonds is 3. The van der Waals surface area contributed by atoms with Crippen molar-refractivity contribution in [1.29, 1.82) is 0 Å². The number of amides is 1. The SMILES string of the molecule is O=C(Nc1c(Cl)ccc2nsnc12)c1nc[nH]c1C(=O)O. The van der Waals surface area contributed by atoms with E-state index in [0.29, 0.717) is 11.0 Å². The lowest BCUT2D eigenvalue weighted by Crippen LogP contribution is -2.17. The number of imidazole rings is 1. The first-order valence-corrected chi connectivity index (χ1v) is 6.67. The number of carbonyl (C=O) groups is 2. The third-order valence-electron chi connectivity index (χ3n) is 2.68. The van der Waals surface area contributed by atoms with Crippen molar-refractivity contribution < 1.29 is 14.7 Å². The molecule has 3 N–H and O–H groups in total. The lowest BCUT2D eigenvalue weighted by atomic mass is 10.2. The van der Waals surface area contributed by atoms with Crippen LogP contribution in [0.5, 0.6) is 0 Å². The molecule has 0 radical (unpaired) electrons. The molecule has 1 aromatic carbocycles.